The Bertz CT molecular complexity index is 1110. The van der Waals surface area contributed by atoms with E-state index < -0.39 is 27.4 Å². The minimum absolute atomic E-state index is 0.118. The summed E-state index contributed by atoms with van der Waals surface area (Å²) in [5.74, 6) is -0.487. The Labute approximate surface area is 194 Å². The molecule has 9 nitrogen and oxygen atoms in total. The van der Waals surface area contributed by atoms with Crippen molar-refractivity contribution in [3.63, 3.8) is 0 Å². The van der Waals surface area contributed by atoms with E-state index in [4.69, 9.17) is 0 Å². The van der Waals surface area contributed by atoms with Gasteiger partial charge in [-0.1, -0.05) is 36.8 Å². The number of hydrogen-bond donors (Lipinski definition) is 1. The maximum atomic E-state index is 12.7. The van der Waals surface area contributed by atoms with Crippen LogP contribution in [0.2, 0.25) is 0 Å². The Kier molecular flexibility index (Phi) is 8.04. The van der Waals surface area contributed by atoms with E-state index in [1.807, 2.05) is 24.3 Å². The number of piperidine rings is 1. The number of rotatable bonds is 9. The standard InChI is InChI=1S/C23H30N4O5S/c1-18-21(11-8-12-22(18)27(29)30)26(33(2,31)32)17-23(28)24-15-19-9-4-5-10-20(19)16-25-13-6-3-7-14-25/h4-5,8-12H,3,6-7,13-17H2,1-2H3,(H,24,28). The molecular weight excluding hydrogens is 444 g/mol. The fraction of sp³-hybridized carbons (Fsp3) is 0.435. The summed E-state index contributed by atoms with van der Waals surface area (Å²) in [7, 11) is -3.85. The predicted octanol–water partition coefficient (Wildman–Crippen LogP) is 2.97. The Morgan fingerprint density at radius 2 is 1.76 bits per heavy atom. The number of hydrogen-bond acceptors (Lipinski definition) is 6. The van der Waals surface area contributed by atoms with E-state index in [-0.39, 0.29) is 23.5 Å². The van der Waals surface area contributed by atoms with E-state index in [0.717, 1.165) is 41.3 Å². The number of likely N-dealkylation sites (tertiary alicyclic amines) is 1. The summed E-state index contributed by atoms with van der Waals surface area (Å²) in [6, 6.07) is 12.1. The molecule has 1 saturated heterocycles. The van der Waals surface area contributed by atoms with Crippen molar-refractivity contribution in [2.24, 2.45) is 0 Å². The van der Waals surface area contributed by atoms with Gasteiger partial charge in [0.15, 0.2) is 0 Å². The first-order valence-corrected chi connectivity index (χ1v) is 12.8. The fourth-order valence-electron chi connectivity index (χ4n) is 4.08. The summed E-state index contributed by atoms with van der Waals surface area (Å²) in [4.78, 5) is 25.8. The second kappa shape index (κ2) is 10.8. The zero-order chi connectivity index (χ0) is 24.0. The van der Waals surface area contributed by atoms with Crippen molar-refractivity contribution < 1.29 is 18.1 Å². The number of nitro benzene ring substituents is 1. The van der Waals surface area contributed by atoms with Gasteiger partial charge in [0, 0.05) is 19.2 Å². The van der Waals surface area contributed by atoms with Gasteiger partial charge in [0.2, 0.25) is 15.9 Å². The molecule has 0 aliphatic carbocycles. The van der Waals surface area contributed by atoms with E-state index >= 15 is 0 Å². The molecule has 0 spiro atoms. The first-order chi connectivity index (χ1) is 15.7. The molecular formula is C23H30N4O5S. The lowest BCUT2D eigenvalue weighted by Crippen LogP contribution is -2.40. The maximum absolute atomic E-state index is 12.7. The van der Waals surface area contributed by atoms with Crippen LogP contribution in [0.4, 0.5) is 11.4 Å². The van der Waals surface area contributed by atoms with Gasteiger partial charge in [0.25, 0.3) is 5.69 Å². The molecule has 0 saturated carbocycles. The number of anilines is 1. The van der Waals surface area contributed by atoms with Crippen LogP contribution in [0.5, 0.6) is 0 Å². The molecule has 3 rings (SSSR count). The number of nitrogens with one attached hydrogen (secondary N) is 1. The monoisotopic (exact) mass is 474 g/mol. The smallest absolute Gasteiger partial charge is 0.274 e. The van der Waals surface area contributed by atoms with Crippen LogP contribution in [0.3, 0.4) is 0 Å². The van der Waals surface area contributed by atoms with Crippen molar-refractivity contribution in [2.45, 2.75) is 39.3 Å². The molecule has 2 aromatic carbocycles. The van der Waals surface area contributed by atoms with Gasteiger partial charge in [-0.3, -0.25) is 24.1 Å². The second-order valence-electron chi connectivity index (χ2n) is 8.33. The van der Waals surface area contributed by atoms with Gasteiger partial charge in [-0.25, -0.2) is 8.42 Å². The SMILES string of the molecule is Cc1c(N(CC(=O)NCc2ccccc2CN2CCCCC2)S(C)(=O)=O)cccc1[N+](=O)[O-]. The van der Waals surface area contributed by atoms with Crippen LogP contribution in [0, 0.1) is 17.0 Å². The van der Waals surface area contributed by atoms with Crippen molar-refractivity contribution in [1.82, 2.24) is 10.2 Å². The van der Waals surface area contributed by atoms with Gasteiger partial charge < -0.3 is 5.32 Å². The quantitative estimate of drug-likeness (QED) is 0.442. The molecule has 33 heavy (non-hydrogen) atoms. The minimum atomic E-state index is -3.85. The lowest BCUT2D eigenvalue weighted by atomic mass is 10.0. The highest BCUT2D eigenvalue weighted by atomic mass is 32.2. The molecule has 1 amide bonds. The van der Waals surface area contributed by atoms with E-state index in [1.54, 1.807) is 0 Å². The normalized spacial score (nSPS) is 14.6. The van der Waals surface area contributed by atoms with Crippen molar-refractivity contribution >= 4 is 27.3 Å². The summed E-state index contributed by atoms with van der Waals surface area (Å²) in [5, 5.41) is 14.1. The number of nitrogens with zero attached hydrogens (tertiary/aromatic N) is 3. The van der Waals surface area contributed by atoms with Crippen molar-refractivity contribution in [2.75, 3.05) is 30.2 Å². The van der Waals surface area contributed by atoms with Crippen LogP contribution < -0.4 is 9.62 Å². The van der Waals surface area contributed by atoms with Crippen LogP contribution in [-0.2, 0) is 27.9 Å². The first-order valence-electron chi connectivity index (χ1n) is 10.9. The molecule has 1 aliphatic heterocycles. The molecule has 0 unspecified atom stereocenters. The molecule has 0 aromatic heterocycles. The van der Waals surface area contributed by atoms with Crippen LogP contribution in [0.15, 0.2) is 42.5 Å². The third kappa shape index (κ3) is 6.52. The highest BCUT2D eigenvalue weighted by Crippen LogP contribution is 2.29. The highest BCUT2D eigenvalue weighted by molar-refractivity contribution is 7.92. The van der Waals surface area contributed by atoms with Crippen molar-refractivity contribution in [3.05, 3.63) is 69.3 Å². The van der Waals surface area contributed by atoms with Gasteiger partial charge in [-0.05, 0) is 50.0 Å². The maximum Gasteiger partial charge on any atom is 0.274 e. The van der Waals surface area contributed by atoms with Crippen LogP contribution in [0.25, 0.3) is 0 Å². The molecule has 178 valence electrons. The molecule has 1 heterocycles. The largest absolute Gasteiger partial charge is 0.350 e. The zero-order valence-electron chi connectivity index (χ0n) is 19.0. The van der Waals surface area contributed by atoms with Crippen molar-refractivity contribution in [1.29, 1.82) is 0 Å². The average molecular weight is 475 g/mol. The highest BCUT2D eigenvalue weighted by Gasteiger charge is 2.25. The second-order valence-corrected chi connectivity index (χ2v) is 10.2. The molecule has 0 bridgehead atoms. The van der Waals surface area contributed by atoms with E-state index in [9.17, 15) is 23.3 Å². The van der Waals surface area contributed by atoms with E-state index in [0.29, 0.717) is 0 Å². The molecule has 10 heteroatoms. The molecule has 1 aliphatic rings. The number of nitro groups is 1. The number of amides is 1. The fourth-order valence-corrected chi connectivity index (χ4v) is 4.99. The average Bonchev–Trinajstić information content (AvgIpc) is 2.77. The summed E-state index contributed by atoms with van der Waals surface area (Å²) < 4.78 is 25.7. The van der Waals surface area contributed by atoms with Crippen LogP contribution in [-0.4, -0.2) is 50.0 Å². The summed E-state index contributed by atoms with van der Waals surface area (Å²) in [6.45, 7) is 4.22. The lowest BCUT2D eigenvalue weighted by Gasteiger charge is -2.27. The molecule has 0 radical (unpaired) electrons. The van der Waals surface area contributed by atoms with Gasteiger partial charge >= 0.3 is 0 Å². The molecule has 1 N–H and O–H groups in total. The van der Waals surface area contributed by atoms with E-state index in [2.05, 4.69) is 10.2 Å². The number of carbonyl (C=O) groups is 1. The van der Waals surface area contributed by atoms with Gasteiger partial charge in [-0.2, -0.15) is 0 Å². The zero-order valence-corrected chi connectivity index (χ0v) is 19.8. The first kappa shape index (κ1) is 24.7. The Morgan fingerprint density at radius 3 is 2.39 bits per heavy atom. The Balaban J connectivity index is 1.72. The van der Waals surface area contributed by atoms with Gasteiger partial charge in [0.05, 0.1) is 22.4 Å². The van der Waals surface area contributed by atoms with Crippen LogP contribution >= 0.6 is 0 Å². The topological polar surface area (TPSA) is 113 Å². The lowest BCUT2D eigenvalue weighted by molar-refractivity contribution is -0.385. The van der Waals surface area contributed by atoms with E-state index in [1.165, 1.54) is 44.4 Å². The predicted molar refractivity (Wildman–Crippen MR) is 127 cm³/mol. The van der Waals surface area contributed by atoms with Crippen LogP contribution in [0.1, 0.15) is 36.0 Å². The number of carbonyl (C=O) groups excluding carboxylic acids is 1. The number of benzene rings is 2. The van der Waals surface area contributed by atoms with Crippen molar-refractivity contribution in [3.8, 4) is 0 Å². The Hall–Kier alpha value is -2.98. The number of sulfonamides is 1. The minimum Gasteiger partial charge on any atom is -0.350 e. The summed E-state index contributed by atoms with van der Waals surface area (Å²) in [5.41, 5.74) is 2.22. The summed E-state index contributed by atoms with van der Waals surface area (Å²) in [6.07, 6.45) is 4.62. The third-order valence-electron chi connectivity index (χ3n) is 5.87. The molecule has 2 aromatic rings. The summed E-state index contributed by atoms with van der Waals surface area (Å²) >= 11 is 0. The van der Waals surface area contributed by atoms with Gasteiger partial charge in [0.1, 0.15) is 6.54 Å². The molecule has 0 atom stereocenters. The Morgan fingerprint density at radius 1 is 1.09 bits per heavy atom. The van der Waals surface area contributed by atoms with Gasteiger partial charge in [-0.15, -0.1) is 0 Å². The molecule has 1 fully saturated rings. The third-order valence-corrected chi connectivity index (χ3v) is 6.99.